The number of nitrogens with one attached hydrogen (secondary N) is 1. The third kappa shape index (κ3) is 3.21. The smallest absolute Gasteiger partial charge is 0.417 e. The zero-order valence-corrected chi connectivity index (χ0v) is 12.2. The average molecular weight is 349 g/mol. The molecule has 1 N–H and O–H groups in total. The van der Waals surface area contributed by atoms with Crippen molar-refractivity contribution in [3.05, 3.63) is 40.3 Å². The van der Waals surface area contributed by atoms with E-state index in [0.717, 1.165) is 12.6 Å². The molecule has 0 aliphatic rings. The van der Waals surface area contributed by atoms with Gasteiger partial charge in [-0.15, -0.1) is 0 Å². The van der Waals surface area contributed by atoms with Crippen molar-refractivity contribution in [1.29, 1.82) is 0 Å². The summed E-state index contributed by atoms with van der Waals surface area (Å²) in [6.07, 6.45) is -3.19. The van der Waals surface area contributed by atoms with E-state index in [4.69, 9.17) is 4.42 Å². The van der Waals surface area contributed by atoms with Gasteiger partial charge in [0.2, 0.25) is 0 Å². The lowest BCUT2D eigenvalue weighted by atomic mass is 10.1. The van der Waals surface area contributed by atoms with Crippen molar-refractivity contribution in [3.63, 3.8) is 0 Å². The Morgan fingerprint density at radius 1 is 1.35 bits per heavy atom. The highest BCUT2D eigenvalue weighted by Crippen LogP contribution is 2.37. The van der Waals surface area contributed by atoms with E-state index < -0.39 is 11.7 Å². The number of hydrogen-bond donors (Lipinski definition) is 1. The van der Waals surface area contributed by atoms with Gasteiger partial charge >= 0.3 is 6.18 Å². The molecule has 0 spiro atoms. The molecule has 0 bridgehead atoms. The largest absolute Gasteiger partial charge is 0.443 e. The number of benzene rings is 1. The fourth-order valence-electron chi connectivity index (χ4n) is 1.76. The van der Waals surface area contributed by atoms with Crippen LogP contribution in [0.1, 0.15) is 18.2 Å². The van der Waals surface area contributed by atoms with Gasteiger partial charge in [0.25, 0.3) is 0 Å². The third-order valence-electron chi connectivity index (χ3n) is 2.72. The zero-order chi connectivity index (χ0) is 14.8. The quantitative estimate of drug-likeness (QED) is 0.898. The SMILES string of the molecule is CCNCc1ncoc1-c1ccc(Br)c(C(F)(F)F)c1. The Labute approximate surface area is 122 Å². The second kappa shape index (κ2) is 5.97. The molecule has 1 aromatic heterocycles. The molecule has 2 rings (SSSR count). The first-order valence-corrected chi connectivity index (χ1v) is 6.73. The molecule has 0 saturated heterocycles. The van der Waals surface area contributed by atoms with Crippen LogP contribution in [0, 0.1) is 0 Å². The summed E-state index contributed by atoms with van der Waals surface area (Å²) in [6.45, 7) is 3.11. The van der Waals surface area contributed by atoms with Crippen LogP contribution in [0.15, 0.2) is 33.5 Å². The van der Waals surface area contributed by atoms with Crippen molar-refractivity contribution in [3.8, 4) is 11.3 Å². The summed E-state index contributed by atoms with van der Waals surface area (Å²) >= 11 is 2.91. The highest BCUT2D eigenvalue weighted by Gasteiger charge is 2.33. The van der Waals surface area contributed by atoms with Crippen LogP contribution in [-0.4, -0.2) is 11.5 Å². The van der Waals surface area contributed by atoms with E-state index >= 15 is 0 Å². The zero-order valence-electron chi connectivity index (χ0n) is 10.6. The number of nitrogens with zero attached hydrogens (tertiary/aromatic N) is 1. The first-order valence-electron chi connectivity index (χ1n) is 5.93. The molecule has 3 nitrogen and oxygen atoms in total. The van der Waals surface area contributed by atoms with Crippen LogP contribution in [0.25, 0.3) is 11.3 Å². The number of alkyl halides is 3. The predicted octanol–water partition coefficient (Wildman–Crippen LogP) is 4.23. The minimum Gasteiger partial charge on any atom is -0.443 e. The summed E-state index contributed by atoms with van der Waals surface area (Å²) in [5, 5.41) is 3.06. The van der Waals surface area contributed by atoms with Crippen LogP contribution in [0.2, 0.25) is 0 Å². The lowest BCUT2D eigenvalue weighted by molar-refractivity contribution is -0.138. The summed E-state index contributed by atoms with van der Waals surface area (Å²) < 4.78 is 43.9. The second-order valence-corrected chi connectivity index (χ2v) is 4.96. The fraction of sp³-hybridized carbons (Fsp3) is 0.308. The Bertz CT molecular complexity index is 596. The second-order valence-electron chi connectivity index (χ2n) is 4.10. The van der Waals surface area contributed by atoms with E-state index in [1.165, 1.54) is 12.5 Å². The summed E-state index contributed by atoms with van der Waals surface area (Å²) in [6, 6.07) is 3.98. The molecule has 0 amide bonds. The molecule has 108 valence electrons. The lowest BCUT2D eigenvalue weighted by Crippen LogP contribution is -2.12. The van der Waals surface area contributed by atoms with E-state index in [9.17, 15) is 13.2 Å². The van der Waals surface area contributed by atoms with Gasteiger partial charge in [-0.1, -0.05) is 28.9 Å². The number of rotatable bonds is 4. The molecule has 0 atom stereocenters. The molecule has 20 heavy (non-hydrogen) atoms. The molecular formula is C13H12BrF3N2O. The maximum Gasteiger partial charge on any atom is 0.417 e. The maximum absolute atomic E-state index is 12.9. The number of hydrogen-bond acceptors (Lipinski definition) is 3. The first-order chi connectivity index (χ1) is 9.43. The summed E-state index contributed by atoms with van der Waals surface area (Å²) in [5.74, 6) is 0.351. The van der Waals surface area contributed by atoms with Gasteiger partial charge in [-0.25, -0.2) is 4.98 Å². The number of oxazole rings is 1. The Morgan fingerprint density at radius 3 is 2.75 bits per heavy atom. The molecule has 7 heteroatoms. The molecule has 0 fully saturated rings. The van der Waals surface area contributed by atoms with Gasteiger partial charge in [-0.2, -0.15) is 13.2 Å². The Morgan fingerprint density at radius 2 is 2.10 bits per heavy atom. The van der Waals surface area contributed by atoms with Crippen molar-refractivity contribution in [2.75, 3.05) is 6.54 Å². The van der Waals surface area contributed by atoms with Crippen molar-refractivity contribution >= 4 is 15.9 Å². The van der Waals surface area contributed by atoms with Gasteiger partial charge in [-0.05, 0) is 18.7 Å². The minimum absolute atomic E-state index is 0.00139. The molecule has 0 radical (unpaired) electrons. The van der Waals surface area contributed by atoms with Gasteiger partial charge in [0.05, 0.1) is 5.56 Å². The summed E-state index contributed by atoms with van der Waals surface area (Å²) in [5.41, 5.74) is 0.203. The molecule has 0 unspecified atom stereocenters. The van der Waals surface area contributed by atoms with E-state index in [2.05, 4.69) is 26.2 Å². The Balaban J connectivity index is 2.41. The topological polar surface area (TPSA) is 38.1 Å². The van der Waals surface area contributed by atoms with Crippen molar-refractivity contribution in [2.24, 2.45) is 0 Å². The lowest BCUT2D eigenvalue weighted by Gasteiger charge is -2.10. The molecule has 0 aliphatic carbocycles. The predicted molar refractivity (Wildman–Crippen MR) is 72.0 cm³/mol. The van der Waals surface area contributed by atoms with Crippen LogP contribution in [0.4, 0.5) is 13.2 Å². The molecular weight excluding hydrogens is 337 g/mol. The van der Waals surface area contributed by atoms with Crippen LogP contribution >= 0.6 is 15.9 Å². The number of aromatic nitrogens is 1. The molecule has 1 heterocycles. The third-order valence-corrected chi connectivity index (χ3v) is 3.41. The fourth-order valence-corrected chi connectivity index (χ4v) is 2.23. The van der Waals surface area contributed by atoms with Gasteiger partial charge < -0.3 is 9.73 Å². The monoisotopic (exact) mass is 348 g/mol. The van der Waals surface area contributed by atoms with Crippen molar-refractivity contribution in [1.82, 2.24) is 10.3 Å². The average Bonchev–Trinajstić information content (AvgIpc) is 2.84. The minimum atomic E-state index is -4.42. The van der Waals surface area contributed by atoms with Gasteiger partial charge in [0.1, 0.15) is 5.69 Å². The Hall–Kier alpha value is -1.34. The molecule has 1 aromatic carbocycles. The molecule has 0 saturated carbocycles. The van der Waals surface area contributed by atoms with Crippen LogP contribution in [-0.2, 0) is 12.7 Å². The summed E-state index contributed by atoms with van der Waals surface area (Å²) in [7, 11) is 0. The van der Waals surface area contributed by atoms with Crippen LogP contribution in [0.3, 0.4) is 0 Å². The Kier molecular flexibility index (Phi) is 4.49. The molecule has 2 aromatic rings. The normalized spacial score (nSPS) is 11.8. The van der Waals surface area contributed by atoms with Gasteiger partial charge in [-0.3, -0.25) is 0 Å². The van der Waals surface area contributed by atoms with Crippen LogP contribution < -0.4 is 5.32 Å². The standard InChI is InChI=1S/C13H12BrF3N2O/c1-2-18-6-11-12(20-7-19-11)8-3-4-10(14)9(5-8)13(15,16)17/h3-5,7,18H,2,6H2,1H3. The van der Waals surface area contributed by atoms with Crippen molar-refractivity contribution in [2.45, 2.75) is 19.6 Å². The van der Waals surface area contributed by atoms with Crippen molar-refractivity contribution < 1.29 is 17.6 Å². The number of halogens is 4. The summed E-state index contributed by atoms with van der Waals surface area (Å²) in [4.78, 5) is 4.02. The first kappa shape index (κ1) is 15.1. The molecule has 0 aliphatic heterocycles. The van der Waals surface area contributed by atoms with E-state index in [1.807, 2.05) is 6.92 Å². The van der Waals surface area contributed by atoms with Gasteiger partial charge in [0, 0.05) is 16.6 Å². The highest BCUT2D eigenvalue weighted by molar-refractivity contribution is 9.10. The highest BCUT2D eigenvalue weighted by atomic mass is 79.9. The van der Waals surface area contributed by atoms with E-state index in [-0.39, 0.29) is 4.47 Å². The maximum atomic E-state index is 12.9. The van der Waals surface area contributed by atoms with Gasteiger partial charge in [0.15, 0.2) is 12.2 Å². The van der Waals surface area contributed by atoms with E-state index in [0.29, 0.717) is 23.6 Å². The van der Waals surface area contributed by atoms with Crippen LogP contribution in [0.5, 0.6) is 0 Å². The van der Waals surface area contributed by atoms with E-state index in [1.54, 1.807) is 6.07 Å².